The summed E-state index contributed by atoms with van der Waals surface area (Å²) in [6.07, 6.45) is 2.31. The zero-order valence-corrected chi connectivity index (χ0v) is 14.8. The van der Waals surface area contributed by atoms with Crippen LogP contribution in [0.5, 0.6) is 5.75 Å². The number of aryl methyl sites for hydroxylation is 1. The molecule has 0 radical (unpaired) electrons. The first-order chi connectivity index (χ1) is 12.6. The van der Waals surface area contributed by atoms with Gasteiger partial charge in [-0.15, -0.1) is 0 Å². The van der Waals surface area contributed by atoms with Crippen molar-refractivity contribution in [3.05, 3.63) is 71.1 Å². The van der Waals surface area contributed by atoms with Gasteiger partial charge in [-0.2, -0.15) is 0 Å². The van der Waals surface area contributed by atoms with Gasteiger partial charge in [0.2, 0.25) is 0 Å². The molecule has 0 spiro atoms. The highest BCUT2D eigenvalue weighted by atomic mass is 35.5. The normalized spacial score (nSPS) is 11.2. The number of pyridine rings is 1. The Labute approximate surface area is 154 Å². The molecule has 1 amide bonds. The number of hydrogen-bond acceptors (Lipinski definition) is 3. The molecular weight excluding hydrogens is 350 g/mol. The molecule has 5 nitrogen and oxygen atoms in total. The molecule has 2 aromatic carbocycles. The van der Waals surface area contributed by atoms with E-state index in [4.69, 9.17) is 11.6 Å². The smallest absolute Gasteiger partial charge is 0.274 e. The number of imidazole rings is 1. The molecule has 0 aliphatic heterocycles. The van der Waals surface area contributed by atoms with E-state index in [0.29, 0.717) is 39.6 Å². The van der Waals surface area contributed by atoms with Gasteiger partial charge in [0, 0.05) is 22.7 Å². The van der Waals surface area contributed by atoms with Crippen molar-refractivity contribution < 1.29 is 9.90 Å². The summed E-state index contributed by atoms with van der Waals surface area (Å²) in [5.74, 6) is -0.0955. The molecule has 6 heteroatoms. The summed E-state index contributed by atoms with van der Waals surface area (Å²) >= 11 is 6.10. The van der Waals surface area contributed by atoms with Crippen molar-refractivity contribution in [2.24, 2.45) is 0 Å². The van der Waals surface area contributed by atoms with E-state index in [1.165, 1.54) is 0 Å². The van der Waals surface area contributed by atoms with Crippen LogP contribution in [0.2, 0.25) is 5.02 Å². The third-order valence-corrected chi connectivity index (χ3v) is 4.58. The molecule has 0 aliphatic rings. The van der Waals surface area contributed by atoms with E-state index >= 15 is 0 Å². The molecule has 0 aliphatic carbocycles. The standard InChI is InChI=1S/C20H16ClN3O2/c1-2-15-19(24-11-12(21)9-10-18(24)22-15)20(26)23-16-7-3-6-14-13(16)5-4-8-17(14)25/h3-11,25H,2H2,1H3,(H,23,26). The average molecular weight is 366 g/mol. The summed E-state index contributed by atoms with van der Waals surface area (Å²) in [6, 6.07) is 14.2. The van der Waals surface area contributed by atoms with Crippen LogP contribution in [0.3, 0.4) is 0 Å². The van der Waals surface area contributed by atoms with Gasteiger partial charge < -0.3 is 10.4 Å². The number of phenols is 1. The molecule has 2 aromatic heterocycles. The van der Waals surface area contributed by atoms with Crippen molar-refractivity contribution in [3.8, 4) is 5.75 Å². The minimum atomic E-state index is -0.271. The summed E-state index contributed by atoms with van der Waals surface area (Å²) in [6.45, 7) is 1.95. The van der Waals surface area contributed by atoms with E-state index in [2.05, 4.69) is 10.3 Å². The van der Waals surface area contributed by atoms with Crippen LogP contribution < -0.4 is 5.32 Å². The first-order valence-electron chi connectivity index (χ1n) is 8.27. The minimum absolute atomic E-state index is 0.175. The molecule has 0 unspecified atom stereocenters. The van der Waals surface area contributed by atoms with Gasteiger partial charge in [0.05, 0.1) is 10.7 Å². The molecule has 2 N–H and O–H groups in total. The number of carbonyl (C=O) groups is 1. The predicted octanol–water partition coefficient (Wildman–Crippen LogP) is 4.66. The van der Waals surface area contributed by atoms with Crippen molar-refractivity contribution in [3.63, 3.8) is 0 Å². The zero-order valence-electron chi connectivity index (χ0n) is 14.0. The van der Waals surface area contributed by atoms with E-state index in [1.807, 2.05) is 25.1 Å². The van der Waals surface area contributed by atoms with Gasteiger partial charge in [-0.05, 0) is 30.7 Å². The van der Waals surface area contributed by atoms with Gasteiger partial charge in [0.15, 0.2) is 0 Å². The third kappa shape index (κ3) is 2.66. The highest BCUT2D eigenvalue weighted by Crippen LogP contribution is 2.30. The van der Waals surface area contributed by atoms with E-state index in [-0.39, 0.29) is 11.7 Å². The van der Waals surface area contributed by atoms with E-state index < -0.39 is 0 Å². The molecule has 130 valence electrons. The fraction of sp³-hybridized carbons (Fsp3) is 0.100. The number of fused-ring (bicyclic) bond motifs is 2. The largest absolute Gasteiger partial charge is 0.507 e. The summed E-state index contributed by atoms with van der Waals surface area (Å²) in [7, 11) is 0. The molecular formula is C20H16ClN3O2. The molecule has 0 fully saturated rings. The van der Waals surface area contributed by atoms with Crippen LogP contribution in [-0.2, 0) is 6.42 Å². The number of nitrogens with one attached hydrogen (secondary N) is 1. The quantitative estimate of drug-likeness (QED) is 0.554. The Hall–Kier alpha value is -3.05. The number of amides is 1. The highest BCUT2D eigenvalue weighted by molar-refractivity contribution is 6.30. The lowest BCUT2D eigenvalue weighted by Gasteiger charge is -2.10. The van der Waals surface area contributed by atoms with Crippen LogP contribution in [0.1, 0.15) is 23.1 Å². The van der Waals surface area contributed by atoms with Gasteiger partial charge in [0.25, 0.3) is 5.91 Å². The molecule has 2 heterocycles. The van der Waals surface area contributed by atoms with Crippen LogP contribution in [0.15, 0.2) is 54.7 Å². The lowest BCUT2D eigenvalue weighted by atomic mass is 10.1. The summed E-state index contributed by atoms with van der Waals surface area (Å²) < 4.78 is 1.71. The van der Waals surface area contributed by atoms with Crippen molar-refractivity contribution in [1.82, 2.24) is 9.38 Å². The van der Waals surface area contributed by atoms with Crippen molar-refractivity contribution in [1.29, 1.82) is 0 Å². The van der Waals surface area contributed by atoms with Crippen molar-refractivity contribution >= 4 is 39.6 Å². The topological polar surface area (TPSA) is 66.6 Å². The number of benzene rings is 2. The Kier molecular flexibility index (Phi) is 4.01. The molecule has 0 atom stereocenters. The van der Waals surface area contributed by atoms with E-state index in [9.17, 15) is 9.90 Å². The Morgan fingerprint density at radius 2 is 1.92 bits per heavy atom. The van der Waals surface area contributed by atoms with Crippen LogP contribution >= 0.6 is 11.6 Å². The second kappa shape index (κ2) is 6.35. The first kappa shape index (κ1) is 16.4. The molecule has 0 saturated heterocycles. The Morgan fingerprint density at radius 1 is 1.15 bits per heavy atom. The van der Waals surface area contributed by atoms with Crippen LogP contribution in [-0.4, -0.2) is 20.4 Å². The molecule has 4 aromatic rings. The number of anilines is 1. The SMILES string of the molecule is CCc1nc2ccc(Cl)cn2c1C(=O)Nc1cccc2c(O)cccc12. The van der Waals surface area contributed by atoms with Gasteiger partial charge in [-0.3, -0.25) is 9.20 Å². The summed E-state index contributed by atoms with van der Waals surface area (Å²) in [5.41, 5.74) is 2.46. The van der Waals surface area contributed by atoms with Gasteiger partial charge in [-0.1, -0.05) is 42.8 Å². The van der Waals surface area contributed by atoms with Crippen LogP contribution in [0.25, 0.3) is 16.4 Å². The fourth-order valence-corrected chi connectivity index (χ4v) is 3.30. The first-order valence-corrected chi connectivity index (χ1v) is 8.65. The third-order valence-electron chi connectivity index (χ3n) is 4.35. The zero-order chi connectivity index (χ0) is 18.3. The maximum Gasteiger partial charge on any atom is 0.274 e. The van der Waals surface area contributed by atoms with Gasteiger partial charge >= 0.3 is 0 Å². The fourth-order valence-electron chi connectivity index (χ4n) is 3.14. The number of nitrogens with zero attached hydrogens (tertiary/aromatic N) is 2. The van der Waals surface area contributed by atoms with Gasteiger partial charge in [0.1, 0.15) is 17.1 Å². The van der Waals surface area contributed by atoms with Gasteiger partial charge in [-0.25, -0.2) is 4.98 Å². The number of aromatic hydroxyl groups is 1. The lowest BCUT2D eigenvalue weighted by Crippen LogP contribution is -2.16. The number of halogens is 1. The monoisotopic (exact) mass is 365 g/mol. The molecule has 26 heavy (non-hydrogen) atoms. The van der Waals surface area contributed by atoms with Crippen LogP contribution in [0, 0.1) is 0 Å². The second-order valence-corrected chi connectivity index (χ2v) is 6.40. The number of carbonyl (C=O) groups excluding carboxylic acids is 1. The number of hydrogen-bond donors (Lipinski definition) is 2. The van der Waals surface area contributed by atoms with Crippen molar-refractivity contribution in [2.75, 3.05) is 5.32 Å². The van der Waals surface area contributed by atoms with Crippen LogP contribution in [0.4, 0.5) is 5.69 Å². The Bertz CT molecular complexity index is 1150. The predicted molar refractivity (Wildman–Crippen MR) is 103 cm³/mol. The minimum Gasteiger partial charge on any atom is -0.507 e. The van der Waals surface area contributed by atoms with E-state index in [1.54, 1.807) is 40.9 Å². The summed E-state index contributed by atoms with van der Waals surface area (Å²) in [4.78, 5) is 17.5. The maximum atomic E-state index is 13.0. The average Bonchev–Trinajstić information content (AvgIpc) is 3.00. The van der Waals surface area contributed by atoms with E-state index in [0.717, 1.165) is 5.39 Å². The molecule has 0 bridgehead atoms. The second-order valence-electron chi connectivity index (χ2n) is 5.97. The van der Waals surface area contributed by atoms with Crippen molar-refractivity contribution in [2.45, 2.75) is 13.3 Å². The summed E-state index contributed by atoms with van der Waals surface area (Å²) in [5, 5.41) is 15.0. The number of phenolic OH excluding ortho intramolecular Hbond substituents is 1. The number of aromatic nitrogens is 2. The Balaban J connectivity index is 1.82. The Morgan fingerprint density at radius 3 is 2.73 bits per heavy atom. The highest BCUT2D eigenvalue weighted by Gasteiger charge is 2.19. The lowest BCUT2D eigenvalue weighted by molar-refractivity contribution is 0.102. The maximum absolute atomic E-state index is 13.0. The molecule has 4 rings (SSSR count). The molecule has 0 saturated carbocycles. The number of rotatable bonds is 3.